The van der Waals surface area contributed by atoms with Crippen LogP contribution in [-0.2, 0) is 11.3 Å². The molecule has 0 radical (unpaired) electrons. The third kappa shape index (κ3) is 5.55. The van der Waals surface area contributed by atoms with Gasteiger partial charge in [-0.15, -0.1) is 24.2 Å². The summed E-state index contributed by atoms with van der Waals surface area (Å²) in [7, 11) is 1.72. The molecule has 4 heteroatoms. The Bertz CT molecular complexity index is 500. The highest BCUT2D eigenvalue weighted by Crippen LogP contribution is 2.25. The molecule has 0 saturated heterocycles. The van der Waals surface area contributed by atoms with Gasteiger partial charge >= 0.3 is 0 Å². The van der Waals surface area contributed by atoms with E-state index in [1.165, 1.54) is 16.7 Å². The van der Waals surface area contributed by atoms with Gasteiger partial charge in [0.05, 0.1) is 6.61 Å². The molecule has 0 aliphatic heterocycles. The Balaban J connectivity index is 0.000000444. The normalized spacial score (nSPS) is 9.80. The van der Waals surface area contributed by atoms with Crippen LogP contribution in [0.4, 0.5) is 0 Å². The molecular formula is C16H20ClNOS. The maximum Gasteiger partial charge on any atom is 0.0719 e. The van der Waals surface area contributed by atoms with Gasteiger partial charge in [-0.05, 0) is 28.8 Å². The van der Waals surface area contributed by atoms with Crippen molar-refractivity contribution in [1.82, 2.24) is 0 Å². The molecule has 0 amide bonds. The van der Waals surface area contributed by atoms with Gasteiger partial charge in [0.15, 0.2) is 0 Å². The molecule has 0 saturated carbocycles. The Morgan fingerprint density at radius 1 is 1.10 bits per heavy atom. The van der Waals surface area contributed by atoms with Gasteiger partial charge in [0, 0.05) is 24.4 Å². The molecule has 108 valence electrons. The largest absolute Gasteiger partial charge is 0.380 e. The lowest BCUT2D eigenvalue weighted by molar-refractivity contribution is 0.185. The first-order chi connectivity index (χ1) is 9.72. The van der Waals surface area contributed by atoms with E-state index in [2.05, 4.69) is 36.9 Å². The first-order valence-corrected chi connectivity index (χ1v) is 7.33. The van der Waals surface area contributed by atoms with Crippen LogP contribution < -0.4 is 5.73 Å². The second-order valence-corrected chi connectivity index (χ2v) is 5.01. The molecule has 2 N–H and O–H groups in total. The predicted octanol–water partition coefficient (Wildman–Crippen LogP) is 3.97. The number of nitrogens with two attached hydrogens (primary N) is 1. The average Bonchev–Trinajstić information content (AvgIpc) is 2.49. The lowest BCUT2D eigenvalue weighted by atomic mass is 10.0. The summed E-state index contributed by atoms with van der Waals surface area (Å²) in [6.45, 7) is 1.22. The van der Waals surface area contributed by atoms with Crippen LogP contribution in [0.15, 0.2) is 53.4 Å². The first kappa shape index (κ1) is 17.1. The molecule has 0 fully saturated rings. The summed E-state index contributed by atoms with van der Waals surface area (Å²) in [4.78, 5) is 0.980. The SMILES string of the molecule is COCc1ccccc1-c1ccc(S)cc1.NCCCl. The van der Waals surface area contributed by atoms with E-state index in [1.807, 2.05) is 24.3 Å². The molecule has 2 rings (SSSR count). The standard InChI is InChI=1S/C14H14OS.C2H6ClN/c1-15-10-12-4-2-3-5-14(12)11-6-8-13(16)9-7-11;3-1-2-4/h2-9,16H,10H2,1H3;1-2,4H2. The summed E-state index contributed by atoms with van der Waals surface area (Å²) < 4.78 is 5.20. The monoisotopic (exact) mass is 309 g/mol. The molecule has 0 aromatic heterocycles. The van der Waals surface area contributed by atoms with Gasteiger partial charge < -0.3 is 10.5 Å². The number of thiol groups is 1. The molecule has 0 aliphatic rings. The predicted molar refractivity (Wildman–Crippen MR) is 89.6 cm³/mol. The van der Waals surface area contributed by atoms with Gasteiger partial charge in [-0.2, -0.15) is 0 Å². The van der Waals surface area contributed by atoms with Crippen LogP contribution in [0.5, 0.6) is 0 Å². The van der Waals surface area contributed by atoms with Gasteiger partial charge in [-0.3, -0.25) is 0 Å². The smallest absolute Gasteiger partial charge is 0.0719 e. The van der Waals surface area contributed by atoms with Crippen LogP contribution >= 0.6 is 24.2 Å². The van der Waals surface area contributed by atoms with E-state index in [9.17, 15) is 0 Å². The second kappa shape index (κ2) is 9.83. The Morgan fingerprint density at radius 2 is 1.70 bits per heavy atom. The van der Waals surface area contributed by atoms with Crippen molar-refractivity contribution in [1.29, 1.82) is 0 Å². The highest BCUT2D eigenvalue weighted by molar-refractivity contribution is 7.80. The fourth-order valence-corrected chi connectivity index (χ4v) is 1.87. The Hall–Kier alpha value is -1.00. The lowest BCUT2D eigenvalue weighted by Gasteiger charge is -2.08. The Kier molecular flexibility index (Phi) is 8.38. The topological polar surface area (TPSA) is 35.2 Å². The molecule has 2 nitrogen and oxygen atoms in total. The number of ether oxygens (including phenoxy) is 1. The summed E-state index contributed by atoms with van der Waals surface area (Å²) >= 11 is 9.35. The number of hydrogen-bond acceptors (Lipinski definition) is 3. The zero-order valence-corrected chi connectivity index (χ0v) is 13.2. The minimum Gasteiger partial charge on any atom is -0.380 e. The van der Waals surface area contributed by atoms with E-state index >= 15 is 0 Å². The quantitative estimate of drug-likeness (QED) is 0.662. The van der Waals surface area contributed by atoms with Crippen LogP contribution in [-0.4, -0.2) is 19.5 Å². The van der Waals surface area contributed by atoms with Crippen molar-refractivity contribution in [3.8, 4) is 11.1 Å². The van der Waals surface area contributed by atoms with E-state index in [1.54, 1.807) is 7.11 Å². The van der Waals surface area contributed by atoms with Gasteiger partial charge in [-0.25, -0.2) is 0 Å². The number of methoxy groups -OCH3 is 1. The van der Waals surface area contributed by atoms with E-state index in [4.69, 9.17) is 22.1 Å². The average molecular weight is 310 g/mol. The van der Waals surface area contributed by atoms with E-state index < -0.39 is 0 Å². The highest BCUT2D eigenvalue weighted by Gasteiger charge is 2.03. The van der Waals surface area contributed by atoms with Gasteiger partial charge in [0.1, 0.15) is 0 Å². The molecule has 0 atom stereocenters. The number of hydrogen-bond donors (Lipinski definition) is 2. The summed E-state index contributed by atoms with van der Waals surface area (Å²) in [5.74, 6) is 0.569. The number of halogens is 1. The van der Waals surface area contributed by atoms with Crippen molar-refractivity contribution in [2.75, 3.05) is 19.5 Å². The van der Waals surface area contributed by atoms with E-state index in [-0.39, 0.29) is 0 Å². The second-order valence-electron chi connectivity index (χ2n) is 4.11. The van der Waals surface area contributed by atoms with Crippen molar-refractivity contribution in [2.45, 2.75) is 11.5 Å². The zero-order valence-electron chi connectivity index (χ0n) is 11.6. The maximum absolute atomic E-state index is 5.20. The van der Waals surface area contributed by atoms with Crippen molar-refractivity contribution in [3.05, 3.63) is 54.1 Å². The Labute approximate surface area is 131 Å². The third-order valence-corrected chi connectivity index (χ3v) is 3.12. The molecular weight excluding hydrogens is 290 g/mol. The summed E-state index contributed by atoms with van der Waals surface area (Å²) in [6, 6.07) is 16.4. The van der Waals surface area contributed by atoms with Gasteiger partial charge in [0.25, 0.3) is 0 Å². The van der Waals surface area contributed by atoms with Crippen molar-refractivity contribution in [3.63, 3.8) is 0 Å². The van der Waals surface area contributed by atoms with Crippen LogP contribution in [0.25, 0.3) is 11.1 Å². The fraction of sp³-hybridized carbons (Fsp3) is 0.250. The number of rotatable bonds is 4. The van der Waals surface area contributed by atoms with Crippen LogP contribution in [0, 0.1) is 0 Å². The molecule has 0 unspecified atom stereocenters. The summed E-state index contributed by atoms with van der Waals surface area (Å²) in [5, 5.41) is 0. The maximum atomic E-state index is 5.20. The van der Waals surface area contributed by atoms with E-state index in [0.29, 0.717) is 19.0 Å². The minimum atomic E-state index is 0.569. The zero-order chi connectivity index (χ0) is 14.8. The summed E-state index contributed by atoms with van der Waals surface area (Å²) in [6.07, 6.45) is 0. The van der Waals surface area contributed by atoms with Crippen LogP contribution in [0.3, 0.4) is 0 Å². The highest BCUT2D eigenvalue weighted by atomic mass is 35.5. The van der Waals surface area contributed by atoms with Gasteiger partial charge in [-0.1, -0.05) is 36.4 Å². The van der Waals surface area contributed by atoms with Crippen LogP contribution in [0.1, 0.15) is 5.56 Å². The number of benzene rings is 2. The molecule has 0 aliphatic carbocycles. The first-order valence-electron chi connectivity index (χ1n) is 6.35. The molecule has 0 spiro atoms. The minimum absolute atomic E-state index is 0.569. The molecule has 0 heterocycles. The summed E-state index contributed by atoms with van der Waals surface area (Å²) in [5.41, 5.74) is 8.52. The third-order valence-electron chi connectivity index (χ3n) is 2.60. The van der Waals surface area contributed by atoms with Crippen LogP contribution in [0.2, 0.25) is 0 Å². The molecule has 2 aromatic carbocycles. The fourth-order valence-electron chi connectivity index (χ4n) is 1.72. The molecule has 20 heavy (non-hydrogen) atoms. The van der Waals surface area contributed by atoms with Gasteiger partial charge in [0.2, 0.25) is 0 Å². The van der Waals surface area contributed by atoms with Crippen molar-refractivity contribution >= 4 is 24.2 Å². The molecule has 0 bridgehead atoms. The molecule has 2 aromatic rings. The Morgan fingerprint density at radius 3 is 2.25 bits per heavy atom. The number of alkyl halides is 1. The van der Waals surface area contributed by atoms with E-state index in [0.717, 1.165) is 4.90 Å². The van der Waals surface area contributed by atoms with Crippen molar-refractivity contribution in [2.24, 2.45) is 5.73 Å². The lowest BCUT2D eigenvalue weighted by Crippen LogP contribution is -1.97. The van der Waals surface area contributed by atoms with Crippen molar-refractivity contribution < 1.29 is 4.74 Å².